The molecule has 0 fully saturated rings. The normalized spacial score (nSPS) is 17.1. The maximum Gasteiger partial charge on any atom is 0.416 e. The van der Waals surface area contributed by atoms with Crippen molar-refractivity contribution in [2.24, 2.45) is 17.9 Å². The summed E-state index contributed by atoms with van der Waals surface area (Å²) in [5, 5.41) is 6.46. The number of hydrazone groups is 1. The largest absolute Gasteiger partial charge is 0.416 e. The second kappa shape index (κ2) is 6.91. The molecule has 0 spiro atoms. The van der Waals surface area contributed by atoms with E-state index in [4.69, 9.17) is 5.73 Å². The number of benzene rings is 2. The Morgan fingerprint density at radius 3 is 2.52 bits per heavy atom. The minimum absolute atomic E-state index is 0.347. The fourth-order valence-corrected chi connectivity index (χ4v) is 4.00. The average Bonchev–Trinajstić information content (AvgIpc) is 3.23. The molecule has 0 radical (unpaired) electrons. The summed E-state index contributed by atoms with van der Waals surface area (Å²) < 4.78 is 41.3. The van der Waals surface area contributed by atoms with E-state index in [9.17, 15) is 18.0 Å². The Morgan fingerprint density at radius 2 is 1.90 bits per heavy atom. The SMILES string of the molecule is Cn1cc(C2CC(c3ccc(C(F)(F)F)cc3)=NN2C(N)=O)c2cc(Br)ccc21. The van der Waals surface area contributed by atoms with Gasteiger partial charge in [-0.25, -0.2) is 9.80 Å². The molecule has 2 N–H and O–H groups in total. The van der Waals surface area contributed by atoms with Crippen LogP contribution in [0.15, 0.2) is 58.2 Å². The number of urea groups is 1. The minimum Gasteiger partial charge on any atom is -0.350 e. The van der Waals surface area contributed by atoms with Crippen LogP contribution >= 0.6 is 15.9 Å². The lowest BCUT2D eigenvalue weighted by molar-refractivity contribution is -0.137. The molecule has 3 aromatic rings. The Hall–Kier alpha value is -2.81. The van der Waals surface area contributed by atoms with Crippen molar-refractivity contribution in [2.45, 2.75) is 18.6 Å². The van der Waals surface area contributed by atoms with Gasteiger partial charge in [0.05, 0.1) is 17.3 Å². The van der Waals surface area contributed by atoms with Crippen LogP contribution in [0, 0.1) is 0 Å². The number of fused-ring (bicyclic) bond motifs is 1. The summed E-state index contributed by atoms with van der Waals surface area (Å²) in [6.07, 6.45) is -2.14. The fraction of sp³-hybridized carbons (Fsp3) is 0.200. The maximum atomic E-state index is 12.8. The first-order valence-electron chi connectivity index (χ1n) is 8.73. The van der Waals surface area contributed by atoms with Crippen LogP contribution in [-0.4, -0.2) is 21.3 Å². The first-order chi connectivity index (χ1) is 13.6. The van der Waals surface area contributed by atoms with Gasteiger partial charge >= 0.3 is 12.2 Å². The number of aryl methyl sites for hydroxylation is 1. The van der Waals surface area contributed by atoms with Crippen LogP contribution in [0.1, 0.15) is 29.2 Å². The highest BCUT2D eigenvalue weighted by molar-refractivity contribution is 9.10. The fourth-order valence-electron chi connectivity index (χ4n) is 3.64. The van der Waals surface area contributed by atoms with Crippen molar-refractivity contribution in [3.8, 4) is 0 Å². The van der Waals surface area contributed by atoms with E-state index < -0.39 is 23.8 Å². The number of aromatic nitrogens is 1. The predicted octanol–water partition coefficient (Wildman–Crippen LogP) is 5.19. The van der Waals surface area contributed by atoms with Gasteiger partial charge in [-0.05, 0) is 35.9 Å². The molecule has 0 bridgehead atoms. The van der Waals surface area contributed by atoms with Crippen LogP contribution in [0.5, 0.6) is 0 Å². The predicted molar refractivity (Wildman–Crippen MR) is 107 cm³/mol. The number of alkyl halides is 3. The highest BCUT2D eigenvalue weighted by atomic mass is 79.9. The molecule has 1 aliphatic heterocycles. The van der Waals surface area contributed by atoms with Crippen molar-refractivity contribution >= 4 is 38.6 Å². The lowest BCUT2D eigenvalue weighted by atomic mass is 9.97. The molecule has 1 unspecified atom stereocenters. The molecule has 9 heteroatoms. The van der Waals surface area contributed by atoms with Gasteiger partial charge < -0.3 is 10.3 Å². The molecule has 0 saturated heterocycles. The van der Waals surface area contributed by atoms with Gasteiger partial charge in [0.25, 0.3) is 0 Å². The quantitative estimate of drug-likeness (QED) is 0.557. The highest BCUT2D eigenvalue weighted by Crippen LogP contribution is 2.38. The molecule has 0 aliphatic carbocycles. The van der Waals surface area contributed by atoms with Gasteiger partial charge in [-0.3, -0.25) is 0 Å². The van der Waals surface area contributed by atoms with Gasteiger partial charge in [-0.1, -0.05) is 28.1 Å². The lowest BCUT2D eigenvalue weighted by Crippen LogP contribution is -2.31. The molecule has 150 valence electrons. The number of carbonyl (C=O) groups excluding carboxylic acids is 1. The molecule has 2 amide bonds. The van der Waals surface area contributed by atoms with E-state index in [2.05, 4.69) is 21.0 Å². The Balaban J connectivity index is 1.73. The number of hydrogen-bond donors (Lipinski definition) is 1. The van der Waals surface area contributed by atoms with Gasteiger partial charge in [0, 0.05) is 40.6 Å². The molecule has 4 rings (SSSR count). The standard InChI is InChI=1S/C20H16BrF3N4O/c1-27-10-15(14-8-13(21)6-7-17(14)27)18-9-16(26-28(18)19(25)29)11-2-4-12(5-3-11)20(22,23)24/h2-8,10,18H,9H2,1H3,(H2,25,29). The van der Waals surface area contributed by atoms with Crippen LogP contribution in [-0.2, 0) is 13.2 Å². The molecule has 5 nitrogen and oxygen atoms in total. The summed E-state index contributed by atoms with van der Waals surface area (Å²) in [6, 6.07) is 9.43. The van der Waals surface area contributed by atoms with E-state index in [-0.39, 0.29) is 0 Å². The number of hydrogen-bond acceptors (Lipinski definition) is 2. The summed E-state index contributed by atoms with van der Waals surface area (Å²) >= 11 is 3.46. The van der Waals surface area contributed by atoms with Gasteiger partial charge in [-0.15, -0.1) is 0 Å². The molecule has 1 atom stereocenters. The van der Waals surface area contributed by atoms with Crippen molar-refractivity contribution < 1.29 is 18.0 Å². The number of carbonyl (C=O) groups is 1. The van der Waals surface area contributed by atoms with E-state index >= 15 is 0 Å². The minimum atomic E-state index is -4.41. The topological polar surface area (TPSA) is 63.6 Å². The van der Waals surface area contributed by atoms with E-state index in [0.29, 0.717) is 17.7 Å². The number of nitrogens with zero attached hydrogens (tertiary/aromatic N) is 3. The summed E-state index contributed by atoms with van der Waals surface area (Å²) in [7, 11) is 1.90. The van der Waals surface area contributed by atoms with E-state index in [1.54, 1.807) is 0 Å². The number of amides is 2. The second-order valence-electron chi connectivity index (χ2n) is 6.88. The third-order valence-electron chi connectivity index (χ3n) is 5.02. The maximum absolute atomic E-state index is 12.8. The van der Waals surface area contributed by atoms with Gasteiger partial charge in [0.1, 0.15) is 0 Å². The van der Waals surface area contributed by atoms with Crippen molar-refractivity contribution in [1.82, 2.24) is 9.58 Å². The number of rotatable bonds is 2. The Bertz CT molecular complexity index is 1140. The lowest BCUT2D eigenvalue weighted by Gasteiger charge is -2.19. The summed E-state index contributed by atoms with van der Waals surface area (Å²) in [5.74, 6) is 0. The molecule has 1 aromatic heterocycles. The van der Waals surface area contributed by atoms with E-state index in [1.165, 1.54) is 17.1 Å². The Labute approximate surface area is 172 Å². The number of primary amides is 1. The van der Waals surface area contributed by atoms with E-state index in [0.717, 1.165) is 33.1 Å². The van der Waals surface area contributed by atoms with Crippen molar-refractivity contribution in [2.75, 3.05) is 0 Å². The first-order valence-corrected chi connectivity index (χ1v) is 9.52. The zero-order valence-electron chi connectivity index (χ0n) is 15.2. The molecule has 2 heterocycles. The second-order valence-corrected chi connectivity index (χ2v) is 7.80. The van der Waals surface area contributed by atoms with Gasteiger partial charge in [0.2, 0.25) is 0 Å². The summed E-state index contributed by atoms with van der Waals surface area (Å²) in [5.41, 5.74) is 7.69. The van der Waals surface area contributed by atoms with Crippen LogP contribution in [0.3, 0.4) is 0 Å². The van der Waals surface area contributed by atoms with Crippen LogP contribution in [0.2, 0.25) is 0 Å². The van der Waals surface area contributed by atoms with Gasteiger partial charge in [-0.2, -0.15) is 18.3 Å². The van der Waals surface area contributed by atoms with E-state index in [1.807, 2.05) is 36.0 Å². The summed E-state index contributed by atoms with van der Waals surface area (Å²) in [6.45, 7) is 0. The smallest absolute Gasteiger partial charge is 0.350 e. The highest BCUT2D eigenvalue weighted by Gasteiger charge is 2.35. The molecular formula is C20H16BrF3N4O. The number of nitrogens with two attached hydrogens (primary N) is 1. The molecule has 29 heavy (non-hydrogen) atoms. The molecular weight excluding hydrogens is 449 g/mol. The Morgan fingerprint density at radius 1 is 1.21 bits per heavy atom. The van der Waals surface area contributed by atoms with Crippen molar-refractivity contribution in [3.63, 3.8) is 0 Å². The van der Waals surface area contributed by atoms with Gasteiger partial charge in [0.15, 0.2) is 0 Å². The zero-order valence-corrected chi connectivity index (χ0v) is 16.8. The molecule has 2 aromatic carbocycles. The molecule has 1 aliphatic rings. The average molecular weight is 465 g/mol. The van der Waals surface area contributed by atoms with Crippen molar-refractivity contribution in [1.29, 1.82) is 0 Å². The third-order valence-corrected chi connectivity index (χ3v) is 5.52. The molecule has 0 saturated carbocycles. The summed E-state index contributed by atoms with van der Waals surface area (Å²) in [4.78, 5) is 12.0. The van der Waals surface area contributed by atoms with Crippen LogP contribution in [0.4, 0.5) is 18.0 Å². The third kappa shape index (κ3) is 3.50. The Kier molecular flexibility index (Phi) is 4.65. The van der Waals surface area contributed by atoms with Crippen LogP contribution < -0.4 is 5.73 Å². The first kappa shape index (κ1) is 19.5. The monoisotopic (exact) mass is 464 g/mol. The zero-order chi connectivity index (χ0) is 20.9. The van der Waals surface area contributed by atoms with Crippen LogP contribution in [0.25, 0.3) is 10.9 Å². The van der Waals surface area contributed by atoms with Crippen molar-refractivity contribution in [3.05, 3.63) is 69.8 Å². The number of halogens is 4.